The van der Waals surface area contributed by atoms with Crippen LogP contribution in [-0.2, 0) is 9.59 Å². The fourth-order valence-electron chi connectivity index (χ4n) is 2.95. The molecule has 2 atom stereocenters. The topological polar surface area (TPSA) is 74.6 Å². The Bertz CT molecular complexity index is 550. The number of aliphatic hydroxyl groups is 1. The van der Waals surface area contributed by atoms with Gasteiger partial charge < -0.3 is 15.0 Å². The molecule has 138 valence electrons. The molecule has 0 amide bonds. The highest BCUT2D eigenvalue weighted by molar-refractivity contribution is 5.72. The van der Waals surface area contributed by atoms with E-state index in [0.717, 1.165) is 31.1 Å². The van der Waals surface area contributed by atoms with Crippen molar-refractivity contribution < 1.29 is 19.8 Å². The molecule has 4 nitrogen and oxygen atoms in total. The van der Waals surface area contributed by atoms with E-state index in [2.05, 4.69) is 24.8 Å². The number of aliphatic hydroxyl groups excluding tert-OH is 1. The van der Waals surface area contributed by atoms with Crippen LogP contribution in [0.5, 0.6) is 0 Å². The molecule has 0 saturated carbocycles. The van der Waals surface area contributed by atoms with Crippen LogP contribution in [0, 0.1) is 5.92 Å². The van der Waals surface area contributed by atoms with Gasteiger partial charge in [-0.2, -0.15) is 0 Å². The molecular weight excluding hydrogens is 316 g/mol. The molecule has 2 unspecified atom stereocenters. The molecule has 0 bridgehead atoms. The second kappa shape index (κ2) is 12.5. The van der Waals surface area contributed by atoms with Gasteiger partial charge >= 0.3 is 5.97 Å². The lowest BCUT2D eigenvalue weighted by Crippen LogP contribution is -2.17. The SMILES string of the molecule is CCCCCCC=CC1=C(CC=C=CCC(O)C(=O)O)C(C=O)CC1. The zero-order valence-corrected chi connectivity index (χ0v) is 15.1. The highest BCUT2D eigenvalue weighted by Gasteiger charge is 2.22. The fourth-order valence-corrected chi connectivity index (χ4v) is 2.95. The average molecular weight is 346 g/mol. The highest BCUT2D eigenvalue weighted by atomic mass is 16.4. The summed E-state index contributed by atoms with van der Waals surface area (Å²) in [6.45, 7) is 2.20. The first-order chi connectivity index (χ1) is 12.1. The molecule has 4 heteroatoms. The van der Waals surface area contributed by atoms with E-state index in [1.54, 1.807) is 6.08 Å². The summed E-state index contributed by atoms with van der Waals surface area (Å²) in [6, 6.07) is 0. The number of allylic oxidation sites excluding steroid dienone is 4. The van der Waals surface area contributed by atoms with E-state index >= 15 is 0 Å². The third-order valence-corrected chi connectivity index (χ3v) is 4.48. The summed E-state index contributed by atoms with van der Waals surface area (Å²) in [4.78, 5) is 21.8. The summed E-state index contributed by atoms with van der Waals surface area (Å²) in [5.74, 6) is -1.26. The minimum absolute atomic E-state index is 0.0256. The van der Waals surface area contributed by atoms with Crippen LogP contribution >= 0.6 is 0 Å². The number of rotatable bonds is 12. The smallest absolute Gasteiger partial charge is 0.332 e. The number of aldehydes is 1. The van der Waals surface area contributed by atoms with Crippen LogP contribution in [0.1, 0.15) is 64.7 Å². The summed E-state index contributed by atoms with van der Waals surface area (Å²) < 4.78 is 0. The Hall–Kier alpha value is -1.90. The van der Waals surface area contributed by atoms with Crippen molar-refractivity contribution in [2.75, 3.05) is 0 Å². The molecule has 0 aromatic heterocycles. The van der Waals surface area contributed by atoms with Gasteiger partial charge in [-0.15, -0.1) is 5.73 Å². The van der Waals surface area contributed by atoms with Crippen LogP contribution in [0.25, 0.3) is 0 Å². The van der Waals surface area contributed by atoms with Gasteiger partial charge in [0.1, 0.15) is 6.29 Å². The molecular formula is C21H30O4. The Morgan fingerprint density at radius 1 is 1.32 bits per heavy atom. The van der Waals surface area contributed by atoms with Gasteiger partial charge in [0, 0.05) is 12.3 Å². The van der Waals surface area contributed by atoms with Gasteiger partial charge in [-0.25, -0.2) is 4.79 Å². The maximum atomic E-state index is 11.3. The zero-order chi connectivity index (χ0) is 18.5. The first kappa shape index (κ1) is 21.1. The van der Waals surface area contributed by atoms with Crippen molar-refractivity contribution in [1.82, 2.24) is 0 Å². The molecule has 0 heterocycles. The Balaban J connectivity index is 2.60. The van der Waals surface area contributed by atoms with Crippen molar-refractivity contribution in [3.8, 4) is 0 Å². The summed E-state index contributed by atoms with van der Waals surface area (Å²) >= 11 is 0. The van der Waals surface area contributed by atoms with E-state index in [4.69, 9.17) is 5.11 Å². The number of carbonyl (C=O) groups excluding carboxylic acids is 1. The van der Waals surface area contributed by atoms with Gasteiger partial charge in [-0.1, -0.05) is 43.9 Å². The fraction of sp³-hybridized carbons (Fsp3) is 0.571. The maximum absolute atomic E-state index is 11.3. The van der Waals surface area contributed by atoms with Crippen LogP contribution in [-0.4, -0.2) is 28.6 Å². The first-order valence-electron chi connectivity index (χ1n) is 9.24. The highest BCUT2D eigenvalue weighted by Crippen LogP contribution is 2.34. The Morgan fingerprint density at radius 2 is 2.12 bits per heavy atom. The molecule has 1 aliphatic carbocycles. The van der Waals surface area contributed by atoms with Gasteiger partial charge in [0.2, 0.25) is 0 Å². The second-order valence-electron chi connectivity index (χ2n) is 6.45. The third kappa shape index (κ3) is 8.15. The summed E-state index contributed by atoms with van der Waals surface area (Å²) in [5, 5.41) is 17.8. The summed E-state index contributed by atoms with van der Waals surface area (Å²) in [7, 11) is 0. The predicted molar refractivity (Wildman–Crippen MR) is 99.2 cm³/mol. The van der Waals surface area contributed by atoms with Gasteiger partial charge in [0.15, 0.2) is 6.10 Å². The predicted octanol–water partition coefficient (Wildman–Crippen LogP) is 4.36. The molecule has 1 rings (SSSR count). The van der Waals surface area contributed by atoms with Crippen LogP contribution in [0.2, 0.25) is 0 Å². The summed E-state index contributed by atoms with van der Waals surface area (Å²) in [5.41, 5.74) is 5.29. The van der Waals surface area contributed by atoms with E-state index in [1.807, 2.05) is 0 Å². The van der Waals surface area contributed by atoms with Crippen LogP contribution < -0.4 is 0 Å². The number of hydrogen-bond acceptors (Lipinski definition) is 3. The number of carbonyl (C=O) groups is 2. The van der Waals surface area contributed by atoms with Crippen molar-refractivity contribution in [2.24, 2.45) is 5.92 Å². The van der Waals surface area contributed by atoms with Gasteiger partial charge in [-0.05, 0) is 49.8 Å². The van der Waals surface area contributed by atoms with E-state index in [1.165, 1.54) is 37.3 Å². The molecule has 0 spiro atoms. The number of carboxylic acids is 1. The molecule has 1 aliphatic rings. The van der Waals surface area contributed by atoms with E-state index in [9.17, 15) is 14.7 Å². The minimum Gasteiger partial charge on any atom is -0.479 e. The normalized spacial score (nSPS) is 18.2. The first-order valence-corrected chi connectivity index (χ1v) is 9.24. The van der Waals surface area contributed by atoms with Crippen molar-refractivity contribution in [3.05, 3.63) is 41.2 Å². The molecule has 0 aromatic carbocycles. The number of aliphatic carboxylic acids is 1. The van der Waals surface area contributed by atoms with Crippen LogP contribution in [0.4, 0.5) is 0 Å². The summed E-state index contributed by atoms with van der Waals surface area (Å²) in [6.07, 6.45) is 15.9. The quantitative estimate of drug-likeness (QED) is 0.313. The standard InChI is InChI=1S/C21H30O4/c1-2-3-4-5-6-8-11-17-14-15-18(16-22)19(17)12-9-7-10-13-20(23)21(24)25/h8-11,16,18,20,23H,2-6,12-15H2,1H3,(H,24,25). The monoisotopic (exact) mass is 346 g/mol. The average Bonchev–Trinajstić information content (AvgIpc) is 2.99. The number of unbranched alkanes of at least 4 members (excludes halogenated alkanes) is 4. The van der Waals surface area contributed by atoms with E-state index < -0.39 is 12.1 Å². The van der Waals surface area contributed by atoms with Crippen molar-refractivity contribution >= 4 is 12.3 Å². The van der Waals surface area contributed by atoms with E-state index in [0.29, 0.717) is 6.42 Å². The minimum atomic E-state index is -1.39. The van der Waals surface area contributed by atoms with Gasteiger partial charge in [-0.3, -0.25) is 0 Å². The lowest BCUT2D eigenvalue weighted by molar-refractivity contribution is -0.146. The lowest BCUT2D eigenvalue weighted by atomic mass is 9.98. The third-order valence-electron chi connectivity index (χ3n) is 4.48. The number of carboxylic acid groups (broad SMARTS) is 1. The lowest BCUT2D eigenvalue weighted by Gasteiger charge is -2.05. The molecule has 0 aliphatic heterocycles. The molecule has 25 heavy (non-hydrogen) atoms. The van der Waals surface area contributed by atoms with E-state index in [-0.39, 0.29) is 12.3 Å². The van der Waals surface area contributed by atoms with Gasteiger partial charge in [0.05, 0.1) is 0 Å². The van der Waals surface area contributed by atoms with Crippen molar-refractivity contribution in [1.29, 1.82) is 0 Å². The van der Waals surface area contributed by atoms with Crippen molar-refractivity contribution in [2.45, 2.75) is 70.8 Å². The zero-order valence-electron chi connectivity index (χ0n) is 15.1. The van der Waals surface area contributed by atoms with Gasteiger partial charge in [0.25, 0.3) is 0 Å². The Morgan fingerprint density at radius 3 is 2.80 bits per heavy atom. The van der Waals surface area contributed by atoms with Crippen molar-refractivity contribution in [3.63, 3.8) is 0 Å². The van der Waals surface area contributed by atoms with Crippen LogP contribution in [0.15, 0.2) is 41.2 Å². The molecule has 0 radical (unpaired) electrons. The molecule has 0 saturated heterocycles. The maximum Gasteiger partial charge on any atom is 0.332 e. The second-order valence-corrected chi connectivity index (χ2v) is 6.45. The largest absolute Gasteiger partial charge is 0.479 e. The van der Waals surface area contributed by atoms with Crippen LogP contribution in [0.3, 0.4) is 0 Å². The number of hydrogen-bond donors (Lipinski definition) is 2. The Kier molecular flexibility index (Phi) is 10.5. The molecule has 0 aromatic rings. The Labute approximate surface area is 150 Å². The molecule has 0 fully saturated rings. The molecule has 2 N–H and O–H groups in total.